The van der Waals surface area contributed by atoms with Gasteiger partial charge in [0.1, 0.15) is 0 Å². The van der Waals surface area contributed by atoms with Gasteiger partial charge in [-0.2, -0.15) is 0 Å². The van der Waals surface area contributed by atoms with Crippen molar-refractivity contribution in [3.05, 3.63) is 48.1 Å². The first kappa shape index (κ1) is 14.0. The summed E-state index contributed by atoms with van der Waals surface area (Å²) in [5.74, 6) is 0.465. The molecule has 0 aromatic heterocycles. The molecule has 0 amide bonds. The standard InChI is InChI=1S/C15H24/c1-6-14(4)10-8-12-15(5)11-7-9-13(2)3/h6,8-10,12,14H,1,7,11H2,2-5H3/b10-8+,15-12+. The molecule has 84 valence electrons. The fraction of sp³-hybridized carbons (Fsp3) is 0.467. The smallest absolute Gasteiger partial charge is 0.00814 e. The highest BCUT2D eigenvalue weighted by Gasteiger charge is 1.88. The fourth-order valence-electron chi connectivity index (χ4n) is 1.15. The highest BCUT2D eigenvalue weighted by Crippen LogP contribution is 2.07. The maximum absolute atomic E-state index is 3.75. The van der Waals surface area contributed by atoms with Gasteiger partial charge in [-0.3, -0.25) is 0 Å². The lowest BCUT2D eigenvalue weighted by Gasteiger charge is -1.97. The van der Waals surface area contributed by atoms with E-state index in [9.17, 15) is 0 Å². The predicted octanol–water partition coefficient (Wildman–Crippen LogP) is 5.06. The summed E-state index contributed by atoms with van der Waals surface area (Å²) in [4.78, 5) is 0. The molecule has 0 aromatic carbocycles. The van der Waals surface area contributed by atoms with E-state index in [-0.39, 0.29) is 0 Å². The highest BCUT2D eigenvalue weighted by atomic mass is 13.9. The molecule has 0 bridgehead atoms. The van der Waals surface area contributed by atoms with Crippen molar-refractivity contribution in [1.29, 1.82) is 0 Å². The minimum absolute atomic E-state index is 0.465. The average Bonchev–Trinajstić information content (AvgIpc) is 2.17. The van der Waals surface area contributed by atoms with Crippen LogP contribution in [0.5, 0.6) is 0 Å². The van der Waals surface area contributed by atoms with Gasteiger partial charge in [0.05, 0.1) is 0 Å². The second-order valence-corrected chi connectivity index (χ2v) is 4.31. The molecular weight excluding hydrogens is 180 g/mol. The van der Waals surface area contributed by atoms with E-state index >= 15 is 0 Å². The third-order valence-electron chi connectivity index (χ3n) is 2.26. The first-order chi connectivity index (χ1) is 7.06. The lowest BCUT2D eigenvalue weighted by Crippen LogP contribution is -1.80. The van der Waals surface area contributed by atoms with Crippen molar-refractivity contribution < 1.29 is 0 Å². The Morgan fingerprint density at radius 1 is 1.27 bits per heavy atom. The van der Waals surface area contributed by atoms with Crippen molar-refractivity contribution in [3.8, 4) is 0 Å². The van der Waals surface area contributed by atoms with E-state index in [0.29, 0.717) is 5.92 Å². The van der Waals surface area contributed by atoms with Gasteiger partial charge in [-0.05, 0) is 39.5 Å². The lowest BCUT2D eigenvalue weighted by molar-refractivity contribution is 0.940. The van der Waals surface area contributed by atoms with E-state index in [4.69, 9.17) is 0 Å². The van der Waals surface area contributed by atoms with Gasteiger partial charge < -0.3 is 0 Å². The van der Waals surface area contributed by atoms with Crippen LogP contribution < -0.4 is 0 Å². The molecule has 0 saturated heterocycles. The van der Waals surface area contributed by atoms with Crippen molar-refractivity contribution in [2.45, 2.75) is 40.5 Å². The molecule has 0 aliphatic carbocycles. The summed E-state index contributed by atoms with van der Waals surface area (Å²) in [6.07, 6.45) is 13.0. The van der Waals surface area contributed by atoms with E-state index in [2.05, 4.69) is 58.6 Å². The minimum atomic E-state index is 0.465. The number of hydrogen-bond acceptors (Lipinski definition) is 0. The molecule has 0 fully saturated rings. The molecule has 0 aliphatic heterocycles. The Morgan fingerprint density at radius 2 is 1.93 bits per heavy atom. The zero-order valence-corrected chi connectivity index (χ0v) is 10.6. The van der Waals surface area contributed by atoms with Gasteiger partial charge in [-0.15, -0.1) is 6.58 Å². The molecule has 15 heavy (non-hydrogen) atoms. The number of allylic oxidation sites excluding steroid dienone is 7. The summed E-state index contributed by atoms with van der Waals surface area (Å²) in [5, 5.41) is 0. The zero-order valence-electron chi connectivity index (χ0n) is 10.6. The van der Waals surface area contributed by atoms with Gasteiger partial charge >= 0.3 is 0 Å². The average molecular weight is 204 g/mol. The number of rotatable bonds is 6. The molecule has 0 heterocycles. The summed E-state index contributed by atoms with van der Waals surface area (Å²) in [5.41, 5.74) is 2.83. The van der Waals surface area contributed by atoms with Gasteiger partial charge in [0, 0.05) is 0 Å². The van der Waals surface area contributed by atoms with E-state index in [1.165, 1.54) is 11.1 Å². The largest absolute Gasteiger partial charge is 0.102 e. The maximum Gasteiger partial charge on any atom is -0.00814 e. The van der Waals surface area contributed by atoms with Gasteiger partial charge in [-0.25, -0.2) is 0 Å². The maximum atomic E-state index is 3.75. The molecule has 0 rings (SSSR count). The van der Waals surface area contributed by atoms with Crippen LogP contribution in [0.1, 0.15) is 40.5 Å². The minimum Gasteiger partial charge on any atom is -0.102 e. The SMILES string of the molecule is C=CC(C)/C=C/C=C(\C)CCC=C(C)C. The van der Waals surface area contributed by atoms with Gasteiger partial charge in [0.25, 0.3) is 0 Å². The molecule has 0 saturated carbocycles. The van der Waals surface area contributed by atoms with Crippen molar-refractivity contribution in [2.75, 3.05) is 0 Å². The fourth-order valence-corrected chi connectivity index (χ4v) is 1.15. The van der Waals surface area contributed by atoms with Crippen LogP contribution in [-0.2, 0) is 0 Å². The van der Waals surface area contributed by atoms with Gasteiger partial charge in [0.15, 0.2) is 0 Å². The van der Waals surface area contributed by atoms with E-state index < -0.39 is 0 Å². The van der Waals surface area contributed by atoms with Crippen LogP contribution in [0.25, 0.3) is 0 Å². The molecule has 0 aliphatic rings. The number of hydrogen-bond donors (Lipinski definition) is 0. The first-order valence-corrected chi connectivity index (χ1v) is 5.66. The molecule has 0 nitrogen and oxygen atoms in total. The molecule has 0 N–H and O–H groups in total. The molecule has 1 unspecified atom stereocenters. The van der Waals surface area contributed by atoms with Crippen molar-refractivity contribution in [2.24, 2.45) is 5.92 Å². The van der Waals surface area contributed by atoms with Crippen LogP contribution in [0.4, 0.5) is 0 Å². The third-order valence-corrected chi connectivity index (χ3v) is 2.26. The molecular formula is C15H24. The van der Waals surface area contributed by atoms with Crippen molar-refractivity contribution in [3.63, 3.8) is 0 Å². The zero-order chi connectivity index (χ0) is 11.7. The Kier molecular flexibility index (Phi) is 7.71. The molecule has 0 radical (unpaired) electrons. The summed E-state index contributed by atoms with van der Waals surface area (Å²) >= 11 is 0. The van der Waals surface area contributed by atoms with Crippen LogP contribution in [0.3, 0.4) is 0 Å². The second kappa shape index (κ2) is 8.28. The third kappa shape index (κ3) is 9.27. The first-order valence-electron chi connectivity index (χ1n) is 5.66. The molecule has 0 heteroatoms. The Labute approximate surface area is 95.1 Å². The van der Waals surface area contributed by atoms with Gasteiger partial charge in [0.2, 0.25) is 0 Å². The second-order valence-electron chi connectivity index (χ2n) is 4.31. The van der Waals surface area contributed by atoms with E-state index in [1.54, 1.807) is 0 Å². The van der Waals surface area contributed by atoms with Crippen molar-refractivity contribution >= 4 is 0 Å². The van der Waals surface area contributed by atoms with Crippen LogP contribution in [0.2, 0.25) is 0 Å². The highest BCUT2D eigenvalue weighted by molar-refractivity contribution is 5.13. The lowest BCUT2D eigenvalue weighted by atomic mass is 10.1. The van der Waals surface area contributed by atoms with Crippen LogP contribution >= 0.6 is 0 Å². The summed E-state index contributed by atoms with van der Waals surface area (Å²) < 4.78 is 0. The summed E-state index contributed by atoms with van der Waals surface area (Å²) in [7, 11) is 0. The van der Waals surface area contributed by atoms with Crippen LogP contribution in [0.15, 0.2) is 48.1 Å². The van der Waals surface area contributed by atoms with E-state index in [0.717, 1.165) is 12.8 Å². The monoisotopic (exact) mass is 204 g/mol. The molecule has 1 atom stereocenters. The Morgan fingerprint density at radius 3 is 2.47 bits per heavy atom. The Hall–Kier alpha value is -1.04. The normalized spacial score (nSPS) is 14.0. The molecule has 0 spiro atoms. The summed E-state index contributed by atoms with van der Waals surface area (Å²) in [6, 6.07) is 0. The Bertz CT molecular complexity index is 260. The van der Waals surface area contributed by atoms with Gasteiger partial charge in [-0.1, -0.05) is 48.5 Å². The van der Waals surface area contributed by atoms with Crippen LogP contribution in [0, 0.1) is 5.92 Å². The quantitative estimate of drug-likeness (QED) is 0.419. The van der Waals surface area contributed by atoms with E-state index in [1.807, 2.05) is 6.08 Å². The summed E-state index contributed by atoms with van der Waals surface area (Å²) in [6.45, 7) is 12.4. The van der Waals surface area contributed by atoms with Crippen molar-refractivity contribution in [1.82, 2.24) is 0 Å². The Balaban J connectivity index is 3.94. The topological polar surface area (TPSA) is 0 Å². The predicted molar refractivity (Wildman–Crippen MR) is 70.9 cm³/mol. The molecule has 0 aromatic rings. The van der Waals surface area contributed by atoms with Crippen LogP contribution in [-0.4, -0.2) is 0 Å².